The molecule has 2 rings (SSSR count). The van der Waals surface area contributed by atoms with E-state index >= 15 is 0 Å². The van der Waals surface area contributed by atoms with Crippen LogP contribution in [0.3, 0.4) is 0 Å². The molecule has 10 heteroatoms. The molecular formula is C20H21ClF3N3O3. The van der Waals surface area contributed by atoms with Crippen molar-refractivity contribution in [3.05, 3.63) is 58.6 Å². The van der Waals surface area contributed by atoms with Crippen molar-refractivity contribution in [1.82, 2.24) is 10.4 Å². The van der Waals surface area contributed by atoms with Crippen molar-refractivity contribution < 1.29 is 27.5 Å². The van der Waals surface area contributed by atoms with Gasteiger partial charge in [-0.2, -0.15) is 0 Å². The number of nitrogens with one attached hydrogen (secondary N) is 2. The van der Waals surface area contributed by atoms with Gasteiger partial charge in [0.05, 0.1) is 11.2 Å². The quantitative estimate of drug-likeness (QED) is 0.643. The Bertz CT molecular complexity index is 935. The number of alkyl halides is 1. The van der Waals surface area contributed by atoms with Gasteiger partial charge in [-0.1, -0.05) is 11.6 Å². The van der Waals surface area contributed by atoms with Gasteiger partial charge in [0, 0.05) is 16.7 Å². The predicted molar refractivity (Wildman–Crippen MR) is 107 cm³/mol. The maximum Gasteiger partial charge on any atom is 0.338 e. The van der Waals surface area contributed by atoms with Crippen molar-refractivity contribution in [3.8, 4) is 5.75 Å². The minimum absolute atomic E-state index is 0.0829. The zero-order valence-electron chi connectivity index (χ0n) is 16.6. The van der Waals surface area contributed by atoms with E-state index in [-0.39, 0.29) is 28.6 Å². The zero-order valence-corrected chi connectivity index (χ0v) is 17.3. The molecule has 0 unspecified atom stereocenters. The highest BCUT2D eigenvalue weighted by molar-refractivity contribution is 6.31. The van der Waals surface area contributed by atoms with E-state index in [0.29, 0.717) is 6.07 Å². The molecule has 0 radical (unpaired) electrons. The molecule has 2 aromatic carbocycles. The van der Waals surface area contributed by atoms with Gasteiger partial charge >= 0.3 is 6.03 Å². The molecule has 0 aliphatic heterocycles. The number of rotatable bonds is 5. The highest BCUT2D eigenvalue weighted by Gasteiger charge is 2.30. The molecule has 0 spiro atoms. The summed E-state index contributed by atoms with van der Waals surface area (Å²) >= 11 is 6.02. The van der Waals surface area contributed by atoms with Crippen LogP contribution in [0.15, 0.2) is 36.4 Å². The molecule has 162 valence electrons. The fourth-order valence-electron chi connectivity index (χ4n) is 2.42. The molecular weight excluding hydrogens is 423 g/mol. The van der Waals surface area contributed by atoms with Crippen molar-refractivity contribution in [1.29, 1.82) is 0 Å². The van der Waals surface area contributed by atoms with Gasteiger partial charge in [0.15, 0.2) is 0 Å². The first kappa shape index (κ1) is 23.3. The van der Waals surface area contributed by atoms with Gasteiger partial charge in [0.25, 0.3) is 5.91 Å². The SMILES string of the molecule is CC(C)(C)N(NC(=O)Nc1ccc(F)cc1F)C(=O)c1cc(Cl)cc(OCCF)c1. The van der Waals surface area contributed by atoms with Crippen LogP contribution in [-0.4, -0.2) is 35.8 Å². The summed E-state index contributed by atoms with van der Waals surface area (Å²) < 4.78 is 44.3. The Hall–Kier alpha value is -2.94. The molecule has 2 N–H and O–H groups in total. The summed E-state index contributed by atoms with van der Waals surface area (Å²) in [5, 5.41) is 3.42. The molecule has 0 saturated heterocycles. The lowest BCUT2D eigenvalue weighted by Crippen LogP contribution is -2.56. The van der Waals surface area contributed by atoms with E-state index in [1.54, 1.807) is 20.8 Å². The van der Waals surface area contributed by atoms with Crippen molar-refractivity contribution in [2.45, 2.75) is 26.3 Å². The van der Waals surface area contributed by atoms with Crippen molar-refractivity contribution in [3.63, 3.8) is 0 Å². The molecule has 0 atom stereocenters. The van der Waals surface area contributed by atoms with Crippen LogP contribution in [0.2, 0.25) is 5.02 Å². The third kappa shape index (κ3) is 6.28. The van der Waals surface area contributed by atoms with Crippen LogP contribution in [0.1, 0.15) is 31.1 Å². The number of urea groups is 1. The number of hydrazine groups is 1. The lowest BCUT2D eigenvalue weighted by atomic mass is 10.1. The number of halogens is 4. The van der Waals surface area contributed by atoms with Crippen LogP contribution >= 0.6 is 11.6 Å². The second-order valence-electron chi connectivity index (χ2n) is 7.21. The topological polar surface area (TPSA) is 70.7 Å². The van der Waals surface area contributed by atoms with Crippen LogP contribution in [0, 0.1) is 11.6 Å². The Kier molecular flexibility index (Phi) is 7.55. The summed E-state index contributed by atoms with van der Waals surface area (Å²) in [6, 6.07) is 5.89. The third-order valence-electron chi connectivity index (χ3n) is 3.73. The Morgan fingerprint density at radius 1 is 1.13 bits per heavy atom. The number of hydrogen-bond acceptors (Lipinski definition) is 3. The summed E-state index contributed by atoms with van der Waals surface area (Å²) in [7, 11) is 0. The van der Waals surface area contributed by atoms with Gasteiger partial charge in [-0.05, 0) is 51.1 Å². The van der Waals surface area contributed by atoms with E-state index in [9.17, 15) is 22.8 Å². The number of carbonyl (C=O) groups is 2. The molecule has 0 saturated carbocycles. The lowest BCUT2D eigenvalue weighted by Gasteiger charge is -2.35. The second-order valence-corrected chi connectivity index (χ2v) is 7.65. The van der Waals surface area contributed by atoms with Gasteiger partial charge < -0.3 is 10.1 Å². The largest absolute Gasteiger partial charge is 0.491 e. The highest BCUT2D eigenvalue weighted by atomic mass is 35.5. The first-order chi connectivity index (χ1) is 14.0. The maximum absolute atomic E-state index is 13.8. The van der Waals surface area contributed by atoms with E-state index < -0.39 is 35.8 Å². The maximum atomic E-state index is 13.8. The van der Waals surface area contributed by atoms with E-state index in [4.69, 9.17) is 16.3 Å². The third-order valence-corrected chi connectivity index (χ3v) is 3.95. The normalized spacial score (nSPS) is 11.0. The van der Waals surface area contributed by atoms with Gasteiger partial charge in [0.1, 0.15) is 30.7 Å². The molecule has 0 bridgehead atoms. The molecule has 2 aromatic rings. The summed E-state index contributed by atoms with van der Waals surface area (Å²) in [6.45, 7) is 4.06. The van der Waals surface area contributed by atoms with E-state index in [1.165, 1.54) is 18.2 Å². The second kappa shape index (κ2) is 9.71. The van der Waals surface area contributed by atoms with Crippen molar-refractivity contribution >= 4 is 29.2 Å². The zero-order chi connectivity index (χ0) is 22.5. The highest BCUT2D eigenvalue weighted by Crippen LogP contribution is 2.24. The number of carbonyl (C=O) groups excluding carboxylic acids is 2. The molecule has 0 aliphatic carbocycles. The molecule has 6 nitrogen and oxygen atoms in total. The number of ether oxygens (including phenoxy) is 1. The molecule has 30 heavy (non-hydrogen) atoms. The molecule has 3 amide bonds. The molecule has 0 aromatic heterocycles. The first-order valence-corrected chi connectivity index (χ1v) is 9.25. The number of anilines is 1. The van der Waals surface area contributed by atoms with Crippen LogP contribution in [0.4, 0.5) is 23.7 Å². The average Bonchev–Trinajstić information content (AvgIpc) is 2.65. The van der Waals surface area contributed by atoms with Crippen molar-refractivity contribution in [2.75, 3.05) is 18.6 Å². The monoisotopic (exact) mass is 443 g/mol. The number of nitrogens with zero attached hydrogens (tertiary/aromatic N) is 1. The Labute approximate surface area is 176 Å². The van der Waals surface area contributed by atoms with E-state index in [1.807, 2.05) is 0 Å². The molecule has 0 fully saturated rings. The van der Waals surface area contributed by atoms with Crippen molar-refractivity contribution in [2.24, 2.45) is 0 Å². The molecule has 0 heterocycles. The van der Waals surface area contributed by atoms with E-state index in [2.05, 4.69) is 10.7 Å². The molecule has 0 aliphatic rings. The fraction of sp³-hybridized carbons (Fsp3) is 0.300. The Morgan fingerprint density at radius 3 is 2.43 bits per heavy atom. The Morgan fingerprint density at radius 2 is 1.83 bits per heavy atom. The number of amides is 3. The number of hydrogen-bond donors (Lipinski definition) is 2. The van der Waals surface area contributed by atoms with Gasteiger partial charge in [-0.15, -0.1) is 0 Å². The summed E-state index contributed by atoms with van der Waals surface area (Å²) in [6.07, 6.45) is 0. The minimum Gasteiger partial charge on any atom is -0.491 e. The average molecular weight is 444 g/mol. The van der Waals surface area contributed by atoms with Crippen LogP contribution in [0.25, 0.3) is 0 Å². The summed E-state index contributed by atoms with van der Waals surface area (Å²) in [5.74, 6) is -2.21. The predicted octanol–water partition coefficient (Wildman–Crippen LogP) is 4.94. The summed E-state index contributed by atoms with van der Waals surface area (Å²) in [4.78, 5) is 25.4. The van der Waals surface area contributed by atoms with Gasteiger partial charge in [-0.3, -0.25) is 4.79 Å². The summed E-state index contributed by atoms with van der Waals surface area (Å²) in [5.41, 5.74) is 1.29. The number of benzene rings is 2. The van der Waals surface area contributed by atoms with Gasteiger partial charge in [-0.25, -0.2) is 28.4 Å². The lowest BCUT2D eigenvalue weighted by molar-refractivity contribution is 0.0460. The fourth-order valence-corrected chi connectivity index (χ4v) is 2.65. The standard InChI is InChI=1S/C20H21ClF3N3O3/c1-20(2,3)27(26-19(29)25-17-5-4-14(23)11-16(17)24)18(28)12-8-13(21)10-15(9-12)30-7-6-22/h4-5,8-11H,6-7H2,1-3H3,(H2,25,26,29). The van der Waals surface area contributed by atoms with Gasteiger partial charge in [0.2, 0.25) is 0 Å². The minimum atomic E-state index is -0.969. The Balaban J connectivity index is 2.24. The van der Waals surface area contributed by atoms with Crippen LogP contribution < -0.4 is 15.5 Å². The van der Waals surface area contributed by atoms with Crippen LogP contribution in [0.5, 0.6) is 5.75 Å². The smallest absolute Gasteiger partial charge is 0.338 e. The first-order valence-electron chi connectivity index (χ1n) is 8.88. The van der Waals surface area contributed by atoms with E-state index in [0.717, 1.165) is 17.1 Å². The van der Waals surface area contributed by atoms with Crippen LogP contribution in [-0.2, 0) is 0 Å².